The van der Waals surface area contributed by atoms with E-state index < -0.39 is 22.9 Å². The number of likely N-dealkylation sites (tertiary alicyclic amines) is 1. The molecule has 1 saturated heterocycles. The van der Waals surface area contributed by atoms with Crippen molar-refractivity contribution in [1.82, 2.24) is 14.2 Å². The summed E-state index contributed by atoms with van der Waals surface area (Å²) < 4.78 is 52.0. The highest BCUT2D eigenvalue weighted by molar-refractivity contribution is 7.76. The van der Waals surface area contributed by atoms with Crippen molar-refractivity contribution in [2.75, 3.05) is 13.1 Å². The highest BCUT2D eigenvalue weighted by atomic mass is 35.5. The van der Waals surface area contributed by atoms with Crippen molar-refractivity contribution in [3.63, 3.8) is 0 Å². The summed E-state index contributed by atoms with van der Waals surface area (Å²) in [5, 5.41) is 0.630. The molecular weight excluding hydrogens is 444 g/mol. The van der Waals surface area contributed by atoms with E-state index in [0.29, 0.717) is 18.1 Å². The summed E-state index contributed by atoms with van der Waals surface area (Å²) in [5.41, 5.74) is 2.25. The predicted octanol–water partition coefficient (Wildman–Crippen LogP) is 4.08. The quantitative estimate of drug-likeness (QED) is 0.496. The molecule has 9 heteroatoms. The van der Waals surface area contributed by atoms with Gasteiger partial charge in [-0.2, -0.15) is 0 Å². The Morgan fingerprint density at radius 3 is 2.39 bits per heavy atom. The molecule has 3 aromatic rings. The van der Waals surface area contributed by atoms with Crippen molar-refractivity contribution in [1.29, 1.82) is 0 Å². The lowest BCUT2D eigenvalue weighted by molar-refractivity contribution is 0.0493. The second-order valence-corrected chi connectivity index (χ2v) is 8.76. The van der Waals surface area contributed by atoms with E-state index in [1.165, 1.54) is 4.31 Å². The van der Waals surface area contributed by atoms with Crippen LogP contribution in [0.1, 0.15) is 22.7 Å². The number of benzene rings is 2. The van der Waals surface area contributed by atoms with Gasteiger partial charge < -0.3 is 4.55 Å². The number of hydrogen-bond acceptors (Lipinski definition) is 4. The summed E-state index contributed by atoms with van der Waals surface area (Å²) in [6, 6.07) is 14.0. The van der Waals surface area contributed by atoms with E-state index in [4.69, 9.17) is 11.6 Å². The zero-order valence-corrected chi connectivity index (χ0v) is 17.9. The minimum atomic E-state index is -2.53. The summed E-state index contributed by atoms with van der Waals surface area (Å²) >= 11 is 3.50. The standard InChI is InChI=1S/C22H20ClF2N3O2S/c23-18-5-3-16(4-6-18)22(17-2-1-7-26-11-17)27-13-21(14-27)28(31(29)30)12-15-8-19(24)10-20(25)9-15/h1-11,21-22H,12-14H2,(H,29,30)/p-1. The number of hydrogen-bond donors (Lipinski definition) is 0. The molecule has 0 aliphatic carbocycles. The van der Waals surface area contributed by atoms with Gasteiger partial charge in [0.2, 0.25) is 0 Å². The van der Waals surface area contributed by atoms with E-state index in [2.05, 4.69) is 9.88 Å². The van der Waals surface area contributed by atoms with Crippen LogP contribution in [0.15, 0.2) is 67.0 Å². The van der Waals surface area contributed by atoms with Crippen molar-refractivity contribution >= 4 is 22.9 Å². The molecule has 1 fully saturated rings. The first-order valence-electron chi connectivity index (χ1n) is 9.61. The zero-order valence-electron chi connectivity index (χ0n) is 16.3. The topological polar surface area (TPSA) is 59.5 Å². The van der Waals surface area contributed by atoms with Gasteiger partial charge >= 0.3 is 0 Å². The van der Waals surface area contributed by atoms with Crippen LogP contribution in [0.2, 0.25) is 5.02 Å². The fourth-order valence-electron chi connectivity index (χ4n) is 3.86. The van der Waals surface area contributed by atoms with E-state index in [0.717, 1.165) is 29.3 Å². The van der Waals surface area contributed by atoms with Crippen molar-refractivity contribution in [2.24, 2.45) is 0 Å². The Bertz CT molecular complexity index is 1050. The van der Waals surface area contributed by atoms with Gasteiger partial charge in [-0.25, -0.2) is 13.1 Å². The molecule has 1 aliphatic heterocycles. The van der Waals surface area contributed by atoms with Gasteiger partial charge in [0.05, 0.1) is 6.04 Å². The minimum absolute atomic E-state index is 0.0954. The summed E-state index contributed by atoms with van der Waals surface area (Å²) in [6.07, 6.45) is 3.48. The lowest BCUT2D eigenvalue weighted by Gasteiger charge is -2.49. The molecule has 0 radical (unpaired) electrons. The summed E-state index contributed by atoms with van der Waals surface area (Å²) in [6.45, 7) is 0.837. The van der Waals surface area contributed by atoms with E-state index in [1.54, 1.807) is 12.4 Å². The Hall–Kier alpha value is -2.23. The van der Waals surface area contributed by atoms with Crippen molar-refractivity contribution < 1.29 is 17.5 Å². The zero-order chi connectivity index (χ0) is 22.0. The minimum Gasteiger partial charge on any atom is -0.760 e. The Labute approximate surface area is 186 Å². The highest BCUT2D eigenvalue weighted by Crippen LogP contribution is 2.34. The van der Waals surface area contributed by atoms with Gasteiger partial charge in [0.25, 0.3) is 0 Å². The van der Waals surface area contributed by atoms with E-state index >= 15 is 0 Å². The molecule has 5 nitrogen and oxygen atoms in total. The average molecular weight is 463 g/mol. The molecule has 2 aromatic carbocycles. The fraction of sp³-hybridized carbons (Fsp3) is 0.227. The van der Waals surface area contributed by atoms with Crippen LogP contribution in [0.25, 0.3) is 0 Å². The van der Waals surface area contributed by atoms with E-state index in [9.17, 15) is 17.5 Å². The van der Waals surface area contributed by atoms with E-state index in [-0.39, 0.29) is 24.2 Å². The lowest BCUT2D eigenvalue weighted by atomic mass is 9.94. The molecule has 0 saturated carbocycles. The number of pyridine rings is 1. The highest BCUT2D eigenvalue weighted by Gasteiger charge is 2.38. The largest absolute Gasteiger partial charge is 0.760 e. The first kappa shape index (κ1) is 22.0. The third kappa shape index (κ3) is 5.16. The van der Waals surface area contributed by atoms with Crippen LogP contribution in [0, 0.1) is 11.6 Å². The van der Waals surface area contributed by atoms with Gasteiger partial charge in [-0.3, -0.25) is 14.1 Å². The molecule has 0 amide bonds. The first-order valence-corrected chi connectivity index (χ1v) is 11.0. The molecule has 2 unspecified atom stereocenters. The Kier molecular flexibility index (Phi) is 6.74. The second-order valence-electron chi connectivity index (χ2n) is 7.42. The third-order valence-corrected chi connectivity index (χ3v) is 6.36. The third-order valence-electron chi connectivity index (χ3n) is 5.30. The molecule has 31 heavy (non-hydrogen) atoms. The molecule has 0 spiro atoms. The molecule has 0 bridgehead atoms. The van der Waals surface area contributed by atoms with Crippen LogP contribution < -0.4 is 0 Å². The molecule has 1 aromatic heterocycles. The molecule has 2 heterocycles. The molecule has 4 rings (SSSR count). The van der Waals surface area contributed by atoms with Crippen LogP contribution in [-0.2, 0) is 17.8 Å². The lowest BCUT2D eigenvalue weighted by Crippen LogP contribution is -2.60. The van der Waals surface area contributed by atoms with Crippen molar-refractivity contribution in [3.8, 4) is 0 Å². The maximum atomic E-state index is 13.5. The average Bonchev–Trinajstić information content (AvgIpc) is 2.70. The smallest absolute Gasteiger partial charge is 0.126 e. The van der Waals surface area contributed by atoms with Crippen molar-refractivity contribution in [3.05, 3.63) is 100 Å². The second kappa shape index (κ2) is 9.50. The van der Waals surface area contributed by atoms with Crippen LogP contribution >= 0.6 is 11.6 Å². The van der Waals surface area contributed by atoms with Gasteiger partial charge in [-0.05, 0) is 47.0 Å². The monoisotopic (exact) mass is 462 g/mol. The normalized spacial score (nSPS) is 16.8. The SMILES string of the molecule is O=S([O-])N(Cc1cc(F)cc(F)c1)C1CN(C(c2ccc(Cl)cc2)c2cccnc2)C1. The predicted molar refractivity (Wildman–Crippen MR) is 114 cm³/mol. The maximum Gasteiger partial charge on any atom is 0.126 e. The van der Waals surface area contributed by atoms with Crippen LogP contribution in [0.5, 0.6) is 0 Å². The van der Waals surface area contributed by atoms with E-state index in [1.807, 2.05) is 36.4 Å². The molecule has 1 aliphatic rings. The Morgan fingerprint density at radius 2 is 1.81 bits per heavy atom. The number of aromatic nitrogens is 1. The van der Waals surface area contributed by atoms with Gasteiger partial charge in [-0.1, -0.05) is 29.8 Å². The number of halogens is 3. The van der Waals surface area contributed by atoms with Crippen LogP contribution in [-0.4, -0.2) is 42.1 Å². The summed E-state index contributed by atoms with van der Waals surface area (Å²) in [7, 11) is 0. The van der Waals surface area contributed by atoms with Gasteiger partial charge in [0.15, 0.2) is 0 Å². The van der Waals surface area contributed by atoms with Gasteiger partial charge in [0.1, 0.15) is 11.6 Å². The van der Waals surface area contributed by atoms with Crippen LogP contribution in [0.4, 0.5) is 8.78 Å². The fourth-order valence-corrected chi connectivity index (χ4v) is 4.62. The molecule has 2 atom stereocenters. The summed E-state index contributed by atoms with van der Waals surface area (Å²) in [4.78, 5) is 6.35. The van der Waals surface area contributed by atoms with Gasteiger partial charge in [0, 0.05) is 60.4 Å². The Morgan fingerprint density at radius 1 is 1.13 bits per heavy atom. The summed E-state index contributed by atoms with van der Waals surface area (Å²) in [5.74, 6) is -1.47. The maximum absolute atomic E-state index is 13.5. The Balaban J connectivity index is 1.53. The first-order chi connectivity index (χ1) is 14.9. The molecule has 162 valence electrons. The van der Waals surface area contributed by atoms with Crippen molar-refractivity contribution in [2.45, 2.75) is 18.6 Å². The number of rotatable bonds is 7. The number of nitrogens with zero attached hydrogens (tertiary/aromatic N) is 3. The van der Waals surface area contributed by atoms with Crippen LogP contribution in [0.3, 0.4) is 0 Å². The molecular formula is C22H19ClF2N3O2S-. The molecule has 0 N–H and O–H groups in total. The van der Waals surface area contributed by atoms with Gasteiger partial charge in [-0.15, -0.1) is 0 Å².